The van der Waals surface area contributed by atoms with E-state index in [9.17, 15) is 0 Å². The van der Waals surface area contributed by atoms with Gasteiger partial charge in [-0.05, 0) is 72.9 Å². The van der Waals surface area contributed by atoms with Gasteiger partial charge in [-0.2, -0.15) is 0 Å². The van der Waals surface area contributed by atoms with Gasteiger partial charge in [0.25, 0.3) is 0 Å². The number of hydrogen-bond acceptors (Lipinski definition) is 6. The van der Waals surface area contributed by atoms with Crippen LogP contribution in [0.5, 0.6) is 17.2 Å². The Morgan fingerprint density at radius 2 is 1.64 bits per heavy atom. The van der Waals surface area contributed by atoms with Crippen LogP contribution in [-0.4, -0.2) is 26.4 Å². The maximum Gasteiger partial charge on any atom is 0.145 e. The van der Waals surface area contributed by atoms with Crippen LogP contribution in [0, 0.1) is 20.8 Å². The number of rotatable bonds is 2. The van der Waals surface area contributed by atoms with Gasteiger partial charge in [0.2, 0.25) is 0 Å². The van der Waals surface area contributed by atoms with Gasteiger partial charge >= 0.3 is 0 Å². The summed E-state index contributed by atoms with van der Waals surface area (Å²) in [7, 11) is 0. The summed E-state index contributed by atoms with van der Waals surface area (Å²) in [5.74, 6) is 2.78. The molecule has 6 nitrogen and oxygen atoms in total. The third kappa shape index (κ3) is 3.50. The maximum absolute atomic E-state index is 6.27. The SMILES string of the molecule is Cc1ccc2c(c1)OCC(c1cc(C)c3c(c1)NC(c1ccc4c(c1C)NCCO4)CO3)N2. The number of benzene rings is 3. The van der Waals surface area contributed by atoms with Crippen molar-refractivity contribution in [1.82, 2.24) is 0 Å². The van der Waals surface area contributed by atoms with Gasteiger partial charge in [0.1, 0.15) is 37.1 Å². The summed E-state index contributed by atoms with van der Waals surface area (Å²) >= 11 is 0. The fraction of sp³-hybridized carbons (Fsp3) is 0.333. The molecule has 3 aromatic rings. The number of fused-ring (bicyclic) bond motifs is 3. The van der Waals surface area contributed by atoms with E-state index < -0.39 is 0 Å². The minimum Gasteiger partial charge on any atom is -0.490 e. The van der Waals surface area contributed by atoms with Crippen LogP contribution >= 0.6 is 0 Å². The number of anilines is 3. The molecule has 3 aliphatic rings. The van der Waals surface area contributed by atoms with Crippen LogP contribution in [0.4, 0.5) is 17.1 Å². The number of hydrogen-bond donors (Lipinski definition) is 3. The van der Waals surface area contributed by atoms with Crippen LogP contribution in [0.25, 0.3) is 0 Å². The highest BCUT2D eigenvalue weighted by molar-refractivity contribution is 5.69. The average molecular weight is 444 g/mol. The highest BCUT2D eigenvalue weighted by atomic mass is 16.5. The molecule has 6 rings (SSSR count). The topological polar surface area (TPSA) is 63.8 Å². The van der Waals surface area contributed by atoms with Crippen molar-refractivity contribution in [2.45, 2.75) is 32.9 Å². The predicted molar refractivity (Wildman–Crippen MR) is 131 cm³/mol. The Hall–Kier alpha value is -3.54. The first-order chi connectivity index (χ1) is 16.1. The van der Waals surface area contributed by atoms with Gasteiger partial charge in [0.05, 0.1) is 29.1 Å². The van der Waals surface area contributed by atoms with Gasteiger partial charge in [-0.15, -0.1) is 0 Å². The molecule has 3 N–H and O–H groups in total. The van der Waals surface area contributed by atoms with Gasteiger partial charge < -0.3 is 30.2 Å². The number of aryl methyl sites for hydroxylation is 2. The molecule has 3 aromatic carbocycles. The molecule has 0 bridgehead atoms. The van der Waals surface area contributed by atoms with Gasteiger partial charge in [-0.25, -0.2) is 0 Å². The summed E-state index contributed by atoms with van der Waals surface area (Å²) in [6.45, 7) is 9.05. The maximum atomic E-state index is 6.27. The molecule has 0 amide bonds. The van der Waals surface area contributed by atoms with Crippen molar-refractivity contribution in [3.63, 3.8) is 0 Å². The number of ether oxygens (including phenoxy) is 3. The summed E-state index contributed by atoms with van der Waals surface area (Å²) in [6.07, 6.45) is 0. The van der Waals surface area contributed by atoms with E-state index in [1.54, 1.807) is 0 Å². The molecule has 0 saturated carbocycles. The zero-order valence-electron chi connectivity index (χ0n) is 19.2. The van der Waals surface area contributed by atoms with E-state index in [2.05, 4.69) is 79.2 Å². The van der Waals surface area contributed by atoms with Gasteiger partial charge in [0.15, 0.2) is 0 Å². The standard InChI is InChI=1S/C27H29N3O3/c1-15-4-6-20-25(10-15)32-13-22(29-20)18-11-16(2)27-21(12-18)30-23(14-33-27)19-5-7-24-26(17(19)3)28-8-9-31-24/h4-7,10-12,22-23,28-30H,8-9,13-14H2,1-3H3. The summed E-state index contributed by atoms with van der Waals surface area (Å²) < 4.78 is 18.1. The van der Waals surface area contributed by atoms with Crippen LogP contribution < -0.4 is 30.2 Å². The monoisotopic (exact) mass is 443 g/mol. The summed E-state index contributed by atoms with van der Waals surface area (Å²) in [4.78, 5) is 0. The second-order valence-electron chi connectivity index (χ2n) is 9.16. The first-order valence-corrected chi connectivity index (χ1v) is 11.6. The smallest absolute Gasteiger partial charge is 0.145 e. The minimum absolute atomic E-state index is 0.0699. The molecule has 0 saturated heterocycles. The van der Waals surface area contributed by atoms with Crippen LogP contribution in [0.3, 0.4) is 0 Å². The lowest BCUT2D eigenvalue weighted by Gasteiger charge is -2.33. The van der Waals surface area contributed by atoms with Crippen molar-refractivity contribution in [3.8, 4) is 17.2 Å². The van der Waals surface area contributed by atoms with Gasteiger partial charge in [-0.3, -0.25) is 0 Å². The van der Waals surface area contributed by atoms with E-state index in [0.717, 1.165) is 46.4 Å². The van der Waals surface area contributed by atoms with Crippen LogP contribution in [0.2, 0.25) is 0 Å². The predicted octanol–water partition coefficient (Wildman–Crippen LogP) is 5.51. The third-order valence-corrected chi connectivity index (χ3v) is 6.80. The molecule has 0 fully saturated rings. The molecule has 3 aliphatic heterocycles. The largest absolute Gasteiger partial charge is 0.490 e. The molecule has 33 heavy (non-hydrogen) atoms. The first-order valence-electron chi connectivity index (χ1n) is 11.6. The zero-order valence-corrected chi connectivity index (χ0v) is 19.2. The third-order valence-electron chi connectivity index (χ3n) is 6.80. The molecular formula is C27H29N3O3. The molecule has 2 unspecified atom stereocenters. The quantitative estimate of drug-likeness (QED) is 0.486. The highest BCUT2D eigenvalue weighted by Gasteiger charge is 2.28. The lowest BCUT2D eigenvalue weighted by molar-refractivity contribution is 0.280. The van der Waals surface area contributed by atoms with E-state index in [0.29, 0.717) is 19.8 Å². The van der Waals surface area contributed by atoms with E-state index in [1.165, 1.54) is 22.3 Å². The van der Waals surface area contributed by atoms with Crippen molar-refractivity contribution in [2.75, 3.05) is 42.3 Å². The summed E-state index contributed by atoms with van der Waals surface area (Å²) in [5, 5.41) is 10.9. The van der Waals surface area contributed by atoms with Crippen molar-refractivity contribution in [3.05, 3.63) is 70.3 Å². The van der Waals surface area contributed by atoms with Crippen molar-refractivity contribution >= 4 is 17.1 Å². The molecule has 3 heterocycles. The molecule has 0 spiro atoms. The van der Waals surface area contributed by atoms with Gasteiger partial charge in [0, 0.05) is 6.54 Å². The Bertz CT molecular complexity index is 1240. The Labute approximate surface area is 194 Å². The fourth-order valence-corrected chi connectivity index (χ4v) is 5.07. The van der Waals surface area contributed by atoms with E-state index in [-0.39, 0.29) is 12.1 Å². The second kappa shape index (κ2) is 7.80. The Balaban J connectivity index is 1.29. The molecule has 170 valence electrons. The average Bonchev–Trinajstić information content (AvgIpc) is 2.83. The number of nitrogens with one attached hydrogen (secondary N) is 3. The molecule has 0 aromatic heterocycles. The lowest BCUT2D eigenvalue weighted by atomic mass is 9.96. The Morgan fingerprint density at radius 3 is 2.55 bits per heavy atom. The van der Waals surface area contributed by atoms with E-state index in [1.807, 2.05) is 0 Å². The van der Waals surface area contributed by atoms with Gasteiger partial charge in [-0.1, -0.05) is 18.2 Å². The minimum atomic E-state index is 0.0699. The second-order valence-corrected chi connectivity index (χ2v) is 9.16. The summed E-state index contributed by atoms with van der Waals surface area (Å²) in [6, 6.07) is 15.0. The van der Waals surface area contributed by atoms with Crippen LogP contribution in [-0.2, 0) is 0 Å². The Kier molecular flexibility index (Phi) is 4.75. The lowest BCUT2D eigenvalue weighted by Crippen LogP contribution is -2.28. The van der Waals surface area contributed by atoms with Crippen LogP contribution in [0.1, 0.15) is 39.9 Å². The van der Waals surface area contributed by atoms with Crippen molar-refractivity contribution in [2.24, 2.45) is 0 Å². The Morgan fingerprint density at radius 1 is 0.788 bits per heavy atom. The molecule has 2 atom stereocenters. The molecule has 6 heteroatoms. The molecule has 0 radical (unpaired) electrons. The highest BCUT2D eigenvalue weighted by Crippen LogP contribution is 2.43. The normalized spacial score (nSPS) is 20.3. The molecule has 0 aliphatic carbocycles. The van der Waals surface area contributed by atoms with Crippen molar-refractivity contribution in [1.29, 1.82) is 0 Å². The van der Waals surface area contributed by atoms with E-state index in [4.69, 9.17) is 14.2 Å². The fourth-order valence-electron chi connectivity index (χ4n) is 5.07. The summed E-state index contributed by atoms with van der Waals surface area (Å²) in [5.41, 5.74) is 9.10. The van der Waals surface area contributed by atoms with Crippen molar-refractivity contribution < 1.29 is 14.2 Å². The van der Waals surface area contributed by atoms with E-state index >= 15 is 0 Å². The zero-order chi connectivity index (χ0) is 22.5. The van der Waals surface area contributed by atoms with Crippen LogP contribution in [0.15, 0.2) is 42.5 Å². The first kappa shape index (κ1) is 20.1. The molecular weight excluding hydrogens is 414 g/mol.